The van der Waals surface area contributed by atoms with Crippen LogP contribution in [0.1, 0.15) is 12.0 Å². The van der Waals surface area contributed by atoms with E-state index in [2.05, 4.69) is 26.2 Å². The van der Waals surface area contributed by atoms with Gasteiger partial charge >= 0.3 is 0 Å². The lowest BCUT2D eigenvalue weighted by Gasteiger charge is -2.09. The Morgan fingerprint density at radius 3 is 3.06 bits per heavy atom. The van der Waals surface area contributed by atoms with Crippen molar-refractivity contribution < 1.29 is 4.79 Å². The van der Waals surface area contributed by atoms with Crippen LogP contribution in [0.4, 0.5) is 5.69 Å². The van der Waals surface area contributed by atoms with Crippen molar-refractivity contribution in [1.82, 2.24) is 9.55 Å². The van der Waals surface area contributed by atoms with Crippen LogP contribution < -0.4 is 5.32 Å². The smallest absolute Gasteiger partial charge is 0.226 e. The van der Waals surface area contributed by atoms with E-state index in [1.54, 1.807) is 12.5 Å². The van der Waals surface area contributed by atoms with Crippen molar-refractivity contribution in [2.45, 2.75) is 19.9 Å². The third kappa shape index (κ3) is 3.20. The number of aromatic nitrogens is 2. The first-order valence-corrected chi connectivity index (χ1v) is 6.47. The van der Waals surface area contributed by atoms with Gasteiger partial charge in [-0.3, -0.25) is 4.79 Å². The number of rotatable bonds is 4. The van der Waals surface area contributed by atoms with Gasteiger partial charge in [0.15, 0.2) is 0 Å². The standard InChI is InChI=1S/C13H14BrN3O/c1-10-3-2-4-11(13(10)14)16-12(18)5-7-17-8-6-15-9-17/h2-4,6,8-9H,5,7H2,1H3,(H,16,18). The summed E-state index contributed by atoms with van der Waals surface area (Å²) in [6, 6.07) is 5.79. The molecule has 94 valence electrons. The molecule has 2 rings (SSSR count). The molecule has 0 aliphatic rings. The highest BCUT2D eigenvalue weighted by Gasteiger charge is 2.06. The molecule has 4 nitrogen and oxygen atoms in total. The molecular formula is C13H14BrN3O. The largest absolute Gasteiger partial charge is 0.337 e. The molecule has 0 atom stereocenters. The van der Waals surface area contributed by atoms with Gasteiger partial charge in [-0.2, -0.15) is 0 Å². The number of carbonyl (C=O) groups is 1. The maximum absolute atomic E-state index is 11.8. The van der Waals surface area contributed by atoms with Crippen LogP contribution in [0.3, 0.4) is 0 Å². The van der Waals surface area contributed by atoms with Gasteiger partial charge in [0.2, 0.25) is 5.91 Å². The lowest BCUT2D eigenvalue weighted by Crippen LogP contribution is -2.14. The highest BCUT2D eigenvalue weighted by atomic mass is 79.9. The summed E-state index contributed by atoms with van der Waals surface area (Å²) >= 11 is 3.47. The maximum atomic E-state index is 11.8. The summed E-state index contributed by atoms with van der Waals surface area (Å²) < 4.78 is 2.81. The molecule has 1 N–H and O–H groups in total. The van der Waals surface area contributed by atoms with E-state index in [0.717, 1.165) is 15.7 Å². The van der Waals surface area contributed by atoms with Crippen molar-refractivity contribution in [3.8, 4) is 0 Å². The molecule has 2 aromatic rings. The predicted octanol–water partition coefficient (Wildman–Crippen LogP) is 2.98. The maximum Gasteiger partial charge on any atom is 0.226 e. The molecule has 5 heteroatoms. The van der Waals surface area contributed by atoms with Gasteiger partial charge in [0, 0.05) is 29.8 Å². The summed E-state index contributed by atoms with van der Waals surface area (Å²) in [6.45, 7) is 2.63. The average Bonchev–Trinajstić information content (AvgIpc) is 2.86. The second-order valence-electron chi connectivity index (χ2n) is 4.04. The van der Waals surface area contributed by atoms with E-state index in [4.69, 9.17) is 0 Å². The van der Waals surface area contributed by atoms with Gasteiger partial charge in [-0.25, -0.2) is 4.98 Å². The van der Waals surface area contributed by atoms with Crippen LogP contribution in [0.15, 0.2) is 41.4 Å². The van der Waals surface area contributed by atoms with Crippen LogP contribution in [0.2, 0.25) is 0 Å². The van der Waals surface area contributed by atoms with Crippen LogP contribution in [-0.2, 0) is 11.3 Å². The fraction of sp³-hybridized carbons (Fsp3) is 0.231. The molecule has 0 aliphatic carbocycles. The molecule has 0 unspecified atom stereocenters. The van der Waals surface area contributed by atoms with Gasteiger partial charge in [-0.05, 0) is 34.5 Å². The molecule has 1 aromatic heterocycles. The van der Waals surface area contributed by atoms with Gasteiger partial charge in [0.25, 0.3) is 0 Å². The molecule has 0 radical (unpaired) electrons. The number of anilines is 1. The topological polar surface area (TPSA) is 46.9 Å². The van der Waals surface area contributed by atoms with Gasteiger partial charge in [0.1, 0.15) is 0 Å². The second kappa shape index (κ2) is 5.82. The number of halogens is 1. The van der Waals surface area contributed by atoms with Crippen molar-refractivity contribution in [3.63, 3.8) is 0 Å². The van der Waals surface area contributed by atoms with E-state index in [0.29, 0.717) is 13.0 Å². The molecule has 0 fully saturated rings. The summed E-state index contributed by atoms with van der Waals surface area (Å²) in [4.78, 5) is 15.7. The Kier molecular flexibility index (Phi) is 4.15. The van der Waals surface area contributed by atoms with Gasteiger partial charge < -0.3 is 9.88 Å². The quantitative estimate of drug-likeness (QED) is 0.944. The van der Waals surface area contributed by atoms with Crippen molar-refractivity contribution in [3.05, 3.63) is 47.0 Å². The number of nitrogens with zero attached hydrogens (tertiary/aromatic N) is 2. The number of imidazole rings is 1. The van der Waals surface area contributed by atoms with Crippen molar-refractivity contribution in [2.75, 3.05) is 5.32 Å². The summed E-state index contributed by atoms with van der Waals surface area (Å²) in [5.41, 5.74) is 1.91. The van der Waals surface area contributed by atoms with Crippen LogP contribution in [0.5, 0.6) is 0 Å². The predicted molar refractivity (Wildman–Crippen MR) is 74.4 cm³/mol. The third-order valence-electron chi connectivity index (χ3n) is 2.62. The van der Waals surface area contributed by atoms with Crippen molar-refractivity contribution in [1.29, 1.82) is 0 Å². The number of hydrogen-bond donors (Lipinski definition) is 1. The number of hydrogen-bond acceptors (Lipinski definition) is 2. The Morgan fingerprint density at radius 2 is 2.33 bits per heavy atom. The molecule has 1 heterocycles. The van der Waals surface area contributed by atoms with Crippen LogP contribution in [-0.4, -0.2) is 15.5 Å². The lowest BCUT2D eigenvalue weighted by atomic mass is 10.2. The first kappa shape index (κ1) is 12.8. The van der Waals surface area contributed by atoms with E-state index in [1.807, 2.05) is 35.9 Å². The fourth-order valence-electron chi connectivity index (χ4n) is 1.61. The fourth-order valence-corrected chi connectivity index (χ4v) is 1.97. The Labute approximate surface area is 114 Å². The number of amides is 1. The van der Waals surface area contributed by atoms with E-state index >= 15 is 0 Å². The van der Waals surface area contributed by atoms with Crippen LogP contribution >= 0.6 is 15.9 Å². The average molecular weight is 308 g/mol. The molecule has 0 bridgehead atoms. The molecule has 0 spiro atoms. The monoisotopic (exact) mass is 307 g/mol. The summed E-state index contributed by atoms with van der Waals surface area (Å²) in [5, 5.41) is 2.89. The summed E-state index contributed by atoms with van der Waals surface area (Å²) in [6.07, 6.45) is 5.68. The number of carbonyl (C=O) groups excluding carboxylic acids is 1. The van der Waals surface area contributed by atoms with E-state index < -0.39 is 0 Å². The molecule has 1 aromatic carbocycles. The molecule has 0 aliphatic heterocycles. The summed E-state index contributed by atoms with van der Waals surface area (Å²) in [7, 11) is 0. The Hall–Kier alpha value is -1.62. The first-order chi connectivity index (χ1) is 8.66. The normalized spacial score (nSPS) is 10.3. The Morgan fingerprint density at radius 1 is 1.50 bits per heavy atom. The van der Waals surface area contributed by atoms with Crippen molar-refractivity contribution >= 4 is 27.5 Å². The zero-order valence-electron chi connectivity index (χ0n) is 10.1. The highest BCUT2D eigenvalue weighted by molar-refractivity contribution is 9.10. The minimum Gasteiger partial charge on any atom is -0.337 e. The van der Waals surface area contributed by atoms with E-state index in [9.17, 15) is 4.79 Å². The molecule has 0 saturated heterocycles. The van der Waals surface area contributed by atoms with Gasteiger partial charge in [-0.1, -0.05) is 12.1 Å². The Bertz CT molecular complexity index is 537. The minimum absolute atomic E-state index is 0.00463. The number of benzene rings is 1. The van der Waals surface area contributed by atoms with Gasteiger partial charge in [0.05, 0.1) is 12.0 Å². The zero-order chi connectivity index (χ0) is 13.0. The Balaban J connectivity index is 1.93. The molecule has 0 saturated carbocycles. The molecule has 18 heavy (non-hydrogen) atoms. The third-order valence-corrected chi connectivity index (χ3v) is 3.67. The highest BCUT2D eigenvalue weighted by Crippen LogP contribution is 2.25. The van der Waals surface area contributed by atoms with Crippen molar-refractivity contribution in [2.24, 2.45) is 0 Å². The molecule has 1 amide bonds. The van der Waals surface area contributed by atoms with Crippen LogP contribution in [0, 0.1) is 6.92 Å². The van der Waals surface area contributed by atoms with E-state index in [1.165, 1.54) is 0 Å². The molecular weight excluding hydrogens is 294 g/mol. The number of nitrogens with one attached hydrogen (secondary N) is 1. The van der Waals surface area contributed by atoms with E-state index in [-0.39, 0.29) is 5.91 Å². The first-order valence-electron chi connectivity index (χ1n) is 5.67. The second-order valence-corrected chi connectivity index (χ2v) is 4.83. The lowest BCUT2D eigenvalue weighted by molar-refractivity contribution is -0.116. The SMILES string of the molecule is Cc1cccc(NC(=O)CCn2ccnc2)c1Br. The zero-order valence-corrected chi connectivity index (χ0v) is 11.6. The minimum atomic E-state index is -0.00463. The van der Waals surface area contributed by atoms with Gasteiger partial charge in [-0.15, -0.1) is 0 Å². The number of aryl methyl sites for hydroxylation is 2. The van der Waals surface area contributed by atoms with Crippen LogP contribution in [0.25, 0.3) is 0 Å². The summed E-state index contributed by atoms with van der Waals surface area (Å²) in [5.74, 6) is -0.00463.